The molecule has 1 unspecified atom stereocenters. The van der Waals surface area contributed by atoms with Gasteiger partial charge in [-0.3, -0.25) is 14.5 Å². The minimum atomic E-state index is -0.714. The molecule has 0 radical (unpaired) electrons. The van der Waals surface area contributed by atoms with E-state index in [1.165, 1.54) is 0 Å². The van der Waals surface area contributed by atoms with Crippen LogP contribution in [0.1, 0.15) is 59.8 Å². The van der Waals surface area contributed by atoms with Gasteiger partial charge in [-0.05, 0) is 65.5 Å². The molecule has 5 heteroatoms. The molecule has 1 fully saturated rings. The van der Waals surface area contributed by atoms with E-state index in [1.807, 2.05) is 27.7 Å². The molecular formula is C16H30N2O3. The summed E-state index contributed by atoms with van der Waals surface area (Å²) in [4.78, 5) is 25.2. The van der Waals surface area contributed by atoms with Crippen LogP contribution in [-0.4, -0.2) is 46.6 Å². The molecule has 122 valence electrons. The molecule has 1 heterocycles. The molecule has 0 aromatic carbocycles. The number of nitrogens with one attached hydrogen (secondary N) is 1. The first-order valence-electron chi connectivity index (χ1n) is 8.00. The van der Waals surface area contributed by atoms with Gasteiger partial charge < -0.3 is 10.4 Å². The van der Waals surface area contributed by atoms with Crippen LogP contribution < -0.4 is 5.32 Å². The third kappa shape index (κ3) is 6.46. The number of piperidine rings is 1. The molecule has 0 aromatic rings. The van der Waals surface area contributed by atoms with Crippen molar-refractivity contribution in [3.8, 4) is 0 Å². The van der Waals surface area contributed by atoms with Gasteiger partial charge in [0.05, 0.1) is 6.04 Å². The summed E-state index contributed by atoms with van der Waals surface area (Å²) in [6, 6.07) is -0.0651. The van der Waals surface area contributed by atoms with E-state index in [4.69, 9.17) is 5.11 Å². The van der Waals surface area contributed by atoms with Gasteiger partial charge in [0.25, 0.3) is 0 Å². The van der Waals surface area contributed by atoms with Crippen LogP contribution in [-0.2, 0) is 9.59 Å². The van der Waals surface area contributed by atoms with Crippen molar-refractivity contribution in [3.05, 3.63) is 0 Å². The second-order valence-corrected chi connectivity index (χ2v) is 7.08. The molecule has 1 amide bonds. The Kier molecular flexibility index (Phi) is 6.65. The molecule has 0 bridgehead atoms. The molecule has 5 nitrogen and oxygen atoms in total. The molecular weight excluding hydrogens is 268 g/mol. The van der Waals surface area contributed by atoms with Gasteiger partial charge in [-0.15, -0.1) is 0 Å². The van der Waals surface area contributed by atoms with Gasteiger partial charge in [-0.1, -0.05) is 6.92 Å². The number of aliphatic carboxylic acids is 1. The monoisotopic (exact) mass is 298 g/mol. The molecule has 1 atom stereocenters. The molecule has 0 saturated carbocycles. The van der Waals surface area contributed by atoms with E-state index in [2.05, 4.69) is 10.2 Å². The topological polar surface area (TPSA) is 69.6 Å². The number of amides is 1. The van der Waals surface area contributed by atoms with Gasteiger partial charge in [-0.25, -0.2) is 0 Å². The van der Waals surface area contributed by atoms with E-state index < -0.39 is 5.97 Å². The average Bonchev–Trinajstić information content (AvgIpc) is 2.36. The number of hydrogen-bond donors (Lipinski definition) is 2. The zero-order valence-electron chi connectivity index (χ0n) is 13.8. The largest absolute Gasteiger partial charge is 0.481 e. The minimum Gasteiger partial charge on any atom is -0.481 e. The van der Waals surface area contributed by atoms with E-state index in [0.29, 0.717) is 5.92 Å². The van der Waals surface area contributed by atoms with Crippen molar-refractivity contribution in [2.24, 2.45) is 5.92 Å². The lowest BCUT2D eigenvalue weighted by molar-refractivity contribution is -0.137. The fourth-order valence-corrected chi connectivity index (χ4v) is 2.94. The summed E-state index contributed by atoms with van der Waals surface area (Å²) in [5.74, 6) is -0.122. The summed E-state index contributed by atoms with van der Waals surface area (Å²) >= 11 is 0. The first-order chi connectivity index (χ1) is 9.73. The minimum absolute atomic E-state index is 0.0651. The van der Waals surface area contributed by atoms with E-state index in [0.717, 1.165) is 38.8 Å². The van der Waals surface area contributed by atoms with Crippen LogP contribution >= 0.6 is 0 Å². The van der Waals surface area contributed by atoms with Crippen LogP contribution in [0.15, 0.2) is 0 Å². The Balaban J connectivity index is 2.46. The maximum absolute atomic E-state index is 12.4. The first kappa shape index (κ1) is 18.0. The SMILES string of the molecule is CCC(C(=O)NC(C)(C)C)N1CCC(CCC(=O)O)CC1. The number of nitrogens with zero attached hydrogens (tertiary/aromatic N) is 1. The smallest absolute Gasteiger partial charge is 0.303 e. The van der Waals surface area contributed by atoms with Gasteiger partial charge in [0.1, 0.15) is 0 Å². The Morgan fingerprint density at radius 1 is 1.29 bits per heavy atom. The molecule has 1 rings (SSSR count). The van der Waals surface area contributed by atoms with Gasteiger partial charge in [0, 0.05) is 12.0 Å². The molecule has 1 aliphatic heterocycles. The van der Waals surface area contributed by atoms with Crippen molar-refractivity contribution in [1.29, 1.82) is 0 Å². The van der Waals surface area contributed by atoms with E-state index in [1.54, 1.807) is 0 Å². The maximum Gasteiger partial charge on any atom is 0.303 e. The Morgan fingerprint density at radius 3 is 2.29 bits per heavy atom. The lowest BCUT2D eigenvalue weighted by Gasteiger charge is -2.37. The first-order valence-corrected chi connectivity index (χ1v) is 8.00. The number of carbonyl (C=O) groups excluding carboxylic acids is 1. The number of hydrogen-bond acceptors (Lipinski definition) is 3. The van der Waals surface area contributed by atoms with Crippen molar-refractivity contribution in [3.63, 3.8) is 0 Å². The molecule has 21 heavy (non-hydrogen) atoms. The average molecular weight is 298 g/mol. The Labute approximate surface area is 128 Å². The maximum atomic E-state index is 12.4. The molecule has 0 aliphatic carbocycles. The predicted molar refractivity (Wildman–Crippen MR) is 83.1 cm³/mol. The van der Waals surface area contributed by atoms with E-state index in [-0.39, 0.29) is 23.9 Å². The quantitative estimate of drug-likeness (QED) is 0.789. The number of carboxylic acids is 1. The summed E-state index contributed by atoms with van der Waals surface area (Å²) in [6.07, 6.45) is 3.81. The summed E-state index contributed by atoms with van der Waals surface area (Å²) < 4.78 is 0. The highest BCUT2D eigenvalue weighted by atomic mass is 16.4. The van der Waals surface area contributed by atoms with Crippen molar-refractivity contribution < 1.29 is 14.7 Å². The van der Waals surface area contributed by atoms with Crippen LogP contribution in [0.2, 0.25) is 0 Å². The highest BCUT2D eigenvalue weighted by molar-refractivity contribution is 5.82. The third-order valence-corrected chi connectivity index (χ3v) is 4.04. The van der Waals surface area contributed by atoms with Crippen LogP contribution in [0, 0.1) is 5.92 Å². The number of carbonyl (C=O) groups is 2. The predicted octanol–water partition coefficient (Wildman–Crippen LogP) is 2.26. The highest BCUT2D eigenvalue weighted by Crippen LogP contribution is 2.24. The zero-order chi connectivity index (χ0) is 16.0. The Morgan fingerprint density at radius 2 is 1.86 bits per heavy atom. The van der Waals surface area contributed by atoms with Crippen molar-refractivity contribution in [2.75, 3.05) is 13.1 Å². The highest BCUT2D eigenvalue weighted by Gasteiger charge is 2.30. The standard InChI is InChI=1S/C16H30N2O3/c1-5-13(15(21)17-16(2,3)4)18-10-8-12(9-11-18)6-7-14(19)20/h12-13H,5-11H2,1-4H3,(H,17,21)(H,19,20). The zero-order valence-corrected chi connectivity index (χ0v) is 13.8. The Hall–Kier alpha value is -1.10. The van der Waals surface area contributed by atoms with Crippen LogP contribution in [0.4, 0.5) is 0 Å². The summed E-state index contributed by atoms with van der Waals surface area (Å²) in [7, 11) is 0. The summed E-state index contributed by atoms with van der Waals surface area (Å²) in [5.41, 5.74) is -0.204. The third-order valence-electron chi connectivity index (χ3n) is 4.04. The van der Waals surface area contributed by atoms with Crippen LogP contribution in [0.5, 0.6) is 0 Å². The van der Waals surface area contributed by atoms with Crippen molar-refractivity contribution in [2.45, 2.75) is 71.4 Å². The second kappa shape index (κ2) is 7.78. The molecule has 1 aliphatic rings. The number of likely N-dealkylation sites (tertiary alicyclic amines) is 1. The molecule has 0 spiro atoms. The van der Waals surface area contributed by atoms with Crippen molar-refractivity contribution >= 4 is 11.9 Å². The lowest BCUT2D eigenvalue weighted by Crippen LogP contribution is -2.53. The second-order valence-electron chi connectivity index (χ2n) is 7.08. The van der Waals surface area contributed by atoms with E-state index >= 15 is 0 Å². The fraction of sp³-hybridized carbons (Fsp3) is 0.875. The van der Waals surface area contributed by atoms with Gasteiger partial charge in [-0.2, -0.15) is 0 Å². The number of carboxylic acid groups (broad SMARTS) is 1. The molecule has 2 N–H and O–H groups in total. The van der Waals surface area contributed by atoms with Crippen LogP contribution in [0.3, 0.4) is 0 Å². The van der Waals surface area contributed by atoms with Crippen molar-refractivity contribution in [1.82, 2.24) is 10.2 Å². The Bertz CT molecular complexity index is 355. The van der Waals surface area contributed by atoms with Gasteiger partial charge in [0.2, 0.25) is 5.91 Å². The number of rotatable bonds is 6. The van der Waals surface area contributed by atoms with E-state index in [9.17, 15) is 9.59 Å². The fourth-order valence-electron chi connectivity index (χ4n) is 2.94. The summed E-state index contributed by atoms with van der Waals surface area (Å²) in [5, 5.41) is 11.8. The lowest BCUT2D eigenvalue weighted by atomic mass is 9.91. The molecule has 1 saturated heterocycles. The molecule has 0 aromatic heterocycles. The van der Waals surface area contributed by atoms with Gasteiger partial charge >= 0.3 is 5.97 Å². The van der Waals surface area contributed by atoms with Crippen LogP contribution in [0.25, 0.3) is 0 Å². The van der Waals surface area contributed by atoms with Gasteiger partial charge in [0.15, 0.2) is 0 Å². The summed E-state index contributed by atoms with van der Waals surface area (Å²) in [6.45, 7) is 9.81. The normalized spacial score (nSPS) is 19.2.